The first-order valence-corrected chi connectivity index (χ1v) is 6.33. The summed E-state index contributed by atoms with van der Waals surface area (Å²) in [5, 5.41) is 0. The average molecular weight is 248 g/mol. The maximum absolute atomic E-state index is 12.1. The zero-order valence-corrected chi connectivity index (χ0v) is 10.9. The van der Waals surface area contributed by atoms with Gasteiger partial charge in [0, 0.05) is 5.69 Å². The molecule has 1 saturated carbocycles. The Kier molecular flexibility index (Phi) is 3.57. The summed E-state index contributed by atoms with van der Waals surface area (Å²) in [7, 11) is 0. The smallest absolute Gasteiger partial charge is 0.254 e. The molecule has 1 aromatic carbocycles. The van der Waals surface area contributed by atoms with Crippen molar-refractivity contribution in [2.24, 2.45) is 5.92 Å². The number of hydrogen-bond donors (Lipinski definition) is 2. The first-order chi connectivity index (χ1) is 8.54. The quantitative estimate of drug-likeness (QED) is 0.619. The summed E-state index contributed by atoms with van der Waals surface area (Å²) in [4.78, 5) is 17.3. The predicted molar refractivity (Wildman–Crippen MR) is 70.7 cm³/mol. The first-order valence-electron chi connectivity index (χ1n) is 6.33. The number of nitrogens with one attached hydrogen (secondary N) is 1. The van der Waals surface area contributed by atoms with Gasteiger partial charge in [-0.3, -0.25) is 9.63 Å². The van der Waals surface area contributed by atoms with Crippen LogP contribution in [0.1, 0.15) is 32.3 Å². The lowest BCUT2D eigenvalue weighted by molar-refractivity contribution is -0.137. The Morgan fingerprint density at radius 3 is 2.50 bits per heavy atom. The molecule has 18 heavy (non-hydrogen) atoms. The van der Waals surface area contributed by atoms with Crippen molar-refractivity contribution in [2.75, 3.05) is 12.3 Å². The van der Waals surface area contributed by atoms with Crippen molar-refractivity contribution in [3.63, 3.8) is 0 Å². The van der Waals surface area contributed by atoms with Crippen LogP contribution in [-0.4, -0.2) is 12.5 Å². The molecule has 0 radical (unpaired) electrons. The second-order valence-corrected chi connectivity index (χ2v) is 5.34. The van der Waals surface area contributed by atoms with Gasteiger partial charge in [-0.2, -0.15) is 0 Å². The number of carbonyl (C=O) groups excluding carboxylic acids is 1. The van der Waals surface area contributed by atoms with Crippen LogP contribution in [-0.2, 0) is 15.0 Å². The van der Waals surface area contributed by atoms with Gasteiger partial charge in [-0.25, -0.2) is 5.48 Å². The molecule has 1 amide bonds. The number of benzene rings is 1. The molecule has 1 fully saturated rings. The molecule has 0 heterocycles. The highest BCUT2D eigenvalue weighted by Crippen LogP contribution is 2.48. The Labute approximate surface area is 107 Å². The van der Waals surface area contributed by atoms with E-state index in [-0.39, 0.29) is 5.91 Å². The number of anilines is 1. The number of nitrogens with two attached hydrogens (primary N) is 1. The molecule has 0 aliphatic heterocycles. The van der Waals surface area contributed by atoms with Crippen LogP contribution < -0.4 is 11.2 Å². The average Bonchev–Trinajstić information content (AvgIpc) is 3.10. The molecule has 2 rings (SSSR count). The topological polar surface area (TPSA) is 64.3 Å². The van der Waals surface area contributed by atoms with Gasteiger partial charge in [0.15, 0.2) is 0 Å². The lowest BCUT2D eigenvalue weighted by atomic mass is 9.95. The van der Waals surface area contributed by atoms with Gasteiger partial charge in [0.05, 0.1) is 12.0 Å². The Hall–Kier alpha value is -1.55. The number of rotatable bonds is 5. The van der Waals surface area contributed by atoms with Gasteiger partial charge < -0.3 is 5.73 Å². The highest BCUT2D eigenvalue weighted by atomic mass is 16.7. The maximum atomic E-state index is 12.1. The summed E-state index contributed by atoms with van der Waals surface area (Å²) < 4.78 is 0. The van der Waals surface area contributed by atoms with E-state index in [1.54, 1.807) is 0 Å². The summed E-state index contributed by atoms with van der Waals surface area (Å²) in [6, 6.07) is 7.50. The molecule has 98 valence electrons. The monoisotopic (exact) mass is 248 g/mol. The fourth-order valence-electron chi connectivity index (χ4n) is 1.95. The minimum atomic E-state index is -0.398. The van der Waals surface area contributed by atoms with Gasteiger partial charge in [-0.1, -0.05) is 26.0 Å². The van der Waals surface area contributed by atoms with Gasteiger partial charge in [0.2, 0.25) is 0 Å². The van der Waals surface area contributed by atoms with Crippen molar-refractivity contribution in [3.8, 4) is 0 Å². The van der Waals surface area contributed by atoms with E-state index in [1.165, 1.54) is 0 Å². The highest BCUT2D eigenvalue weighted by Gasteiger charge is 2.51. The van der Waals surface area contributed by atoms with Crippen molar-refractivity contribution >= 4 is 11.6 Å². The number of hydrogen-bond acceptors (Lipinski definition) is 3. The molecule has 0 spiro atoms. The molecular formula is C14H20N2O2. The predicted octanol–water partition coefficient (Wildman–Crippen LogP) is 2.00. The van der Waals surface area contributed by atoms with Crippen molar-refractivity contribution in [3.05, 3.63) is 29.8 Å². The Balaban J connectivity index is 1.98. The minimum Gasteiger partial charge on any atom is -0.399 e. The van der Waals surface area contributed by atoms with Gasteiger partial charge in [0.1, 0.15) is 0 Å². The molecule has 1 aliphatic carbocycles. The molecule has 0 bridgehead atoms. The molecular weight excluding hydrogens is 228 g/mol. The van der Waals surface area contributed by atoms with Crippen molar-refractivity contribution in [2.45, 2.75) is 32.1 Å². The Morgan fingerprint density at radius 2 is 2.00 bits per heavy atom. The van der Waals surface area contributed by atoms with Gasteiger partial charge in [-0.15, -0.1) is 0 Å². The maximum Gasteiger partial charge on any atom is 0.254 e. The third kappa shape index (κ3) is 2.64. The third-order valence-electron chi connectivity index (χ3n) is 3.23. The zero-order chi connectivity index (χ0) is 13.2. The van der Waals surface area contributed by atoms with E-state index in [0.29, 0.717) is 18.2 Å². The molecule has 1 aliphatic rings. The van der Waals surface area contributed by atoms with Crippen LogP contribution in [0.5, 0.6) is 0 Å². The van der Waals surface area contributed by atoms with E-state index in [9.17, 15) is 4.79 Å². The Bertz CT molecular complexity index is 422. The normalized spacial score (nSPS) is 16.6. The van der Waals surface area contributed by atoms with Gasteiger partial charge in [-0.05, 0) is 36.5 Å². The van der Waals surface area contributed by atoms with E-state index in [4.69, 9.17) is 10.6 Å². The van der Waals surface area contributed by atoms with Crippen LogP contribution >= 0.6 is 0 Å². The highest BCUT2D eigenvalue weighted by molar-refractivity contribution is 5.90. The van der Waals surface area contributed by atoms with Crippen LogP contribution in [0.4, 0.5) is 5.69 Å². The fraction of sp³-hybridized carbons (Fsp3) is 0.500. The van der Waals surface area contributed by atoms with Crippen molar-refractivity contribution in [1.82, 2.24) is 5.48 Å². The standard InChI is InChI=1S/C14H20N2O2/c1-10(2)9-18-16-13(17)14(7-8-14)11-3-5-12(15)6-4-11/h3-6,10H,7-9,15H2,1-2H3,(H,16,17). The molecule has 0 unspecified atom stereocenters. The third-order valence-corrected chi connectivity index (χ3v) is 3.23. The number of nitrogen functional groups attached to an aromatic ring is 1. The zero-order valence-electron chi connectivity index (χ0n) is 10.9. The van der Waals surface area contributed by atoms with Crippen LogP contribution in [0.3, 0.4) is 0 Å². The Morgan fingerprint density at radius 1 is 1.39 bits per heavy atom. The van der Waals surface area contributed by atoms with Crippen molar-refractivity contribution in [1.29, 1.82) is 0 Å². The van der Waals surface area contributed by atoms with Crippen LogP contribution in [0.25, 0.3) is 0 Å². The number of amides is 1. The van der Waals surface area contributed by atoms with Crippen LogP contribution in [0.15, 0.2) is 24.3 Å². The van der Waals surface area contributed by atoms with Crippen LogP contribution in [0, 0.1) is 5.92 Å². The molecule has 0 saturated heterocycles. The lowest BCUT2D eigenvalue weighted by Crippen LogP contribution is -2.35. The molecule has 0 aromatic heterocycles. The molecule has 1 aromatic rings. The summed E-state index contributed by atoms with van der Waals surface area (Å²) in [6.07, 6.45) is 1.74. The summed E-state index contributed by atoms with van der Waals surface area (Å²) >= 11 is 0. The molecule has 3 N–H and O–H groups in total. The van der Waals surface area contributed by atoms with E-state index >= 15 is 0 Å². The van der Waals surface area contributed by atoms with E-state index in [0.717, 1.165) is 18.4 Å². The summed E-state index contributed by atoms with van der Waals surface area (Å²) in [6.45, 7) is 4.61. The van der Waals surface area contributed by atoms with Gasteiger partial charge in [0.25, 0.3) is 5.91 Å². The molecule has 0 atom stereocenters. The van der Waals surface area contributed by atoms with E-state index < -0.39 is 5.41 Å². The molecule has 4 nitrogen and oxygen atoms in total. The van der Waals surface area contributed by atoms with Crippen LogP contribution in [0.2, 0.25) is 0 Å². The first kappa shape index (κ1) is 12.9. The SMILES string of the molecule is CC(C)CONC(=O)C1(c2ccc(N)cc2)CC1. The number of hydroxylamine groups is 1. The fourth-order valence-corrected chi connectivity index (χ4v) is 1.95. The lowest BCUT2D eigenvalue weighted by Gasteiger charge is -2.16. The number of carbonyl (C=O) groups is 1. The second-order valence-electron chi connectivity index (χ2n) is 5.34. The van der Waals surface area contributed by atoms with Crippen molar-refractivity contribution < 1.29 is 9.63 Å². The van der Waals surface area contributed by atoms with Gasteiger partial charge >= 0.3 is 0 Å². The van der Waals surface area contributed by atoms with E-state index in [1.807, 2.05) is 38.1 Å². The molecule has 4 heteroatoms. The largest absolute Gasteiger partial charge is 0.399 e. The minimum absolute atomic E-state index is 0.0482. The summed E-state index contributed by atoms with van der Waals surface area (Å²) in [5.74, 6) is 0.352. The second kappa shape index (κ2) is 4.98. The van der Waals surface area contributed by atoms with E-state index in [2.05, 4.69) is 5.48 Å². The summed E-state index contributed by atoms with van der Waals surface area (Å²) in [5.41, 5.74) is 9.55.